The molecule has 17 heavy (non-hydrogen) atoms. The molecule has 2 atom stereocenters. The van der Waals surface area contributed by atoms with Crippen molar-refractivity contribution in [2.24, 2.45) is 0 Å². The molecule has 0 radical (unpaired) electrons. The number of carbonyl (C=O) groups is 1. The summed E-state index contributed by atoms with van der Waals surface area (Å²) >= 11 is 0. The van der Waals surface area contributed by atoms with Crippen LogP contribution in [-0.2, 0) is 9.53 Å². The van der Waals surface area contributed by atoms with Crippen molar-refractivity contribution in [3.05, 3.63) is 30.1 Å². The SMILES string of the molecule is CC(C(=O)CCC1CCCO1)c1ccncc1. The molecule has 1 aromatic rings. The third kappa shape index (κ3) is 3.37. The Labute approximate surface area is 102 Å². The molecule has 0 amide bonds. The van der Waals surface area contributed by atoms with E-state index in [1.54, 1.807) is 12.4 Å². The fourth-order valence-corrected chi connectivity index (χ4v) is 2.23. The van der Waals surface area contributed by atoms with Crippen molar-refractivity contribution in [1.29, 1.82) is 0 Å². The molecule has 0 saturated carbocycles. The number of carbonyl (C=O) groups excluding carboxylic acids is 1. The van der Waals surface area contributed by atoms with Crippen LogP contribution in [0.5, 0.6) is 0 Å². The lowest BCUT2D eigenvalue weighted by Crippen LogP contribution is -2.13. The minimum Gasteiger partial charge on any atom is -0.378 e. The fraction of sp³-hybridized carbons (Fsp3) is 0.571. The van der Waals surface area contributed by atoms with E-state index in [9.17, 15) is 4.79 Å². The highest BCUT2D eigenvalue weighted by molar-refractivity contribution is 5.85. The lowest BCUT2D eigenvalue weighted by molar-refractivity contribution is -0.120. The normalized spacial score (nSPS) is 21.4. The third-order valence-corrected chi connectivity index (χ3v) is 3.43. The molecule has 1 aromatic heterocycles. The highest BCUT2D eigenvalue weighted by atomic mass is 16.5. The number of ketones is 1. The van der Waals surface area contributed by atoms with Gasteiger partial charge in [0.2, 0.25) is 0 Å². The monoisotopic (exact) mass is 233 g/mol. The predicted molar refractivity (Wildman–Crippen MR) is 65.9 cm³/mol. The van der Waals surface area contributed by atoms with Gasteiger partial charge in [0.25, 0.3) is 0 Å². The first-order valence-electron chi connectivity index (χ1n) is 6.31. The lowest BCUT2D eigenvalue weighted by Gasteiger charge is -2.12. The highest BCUT2D eigenvalue weighted by Gasteiger charge is 2.20. The Bertz CT molecular complexity index is 358. The summed E-state index contributed by atoms with van der Waals surface area (Å²) in [5, 5.41) is 0. The predicted octanol–water partition coefficient (Wildman–Crippen LogP) is 2.71. The van der Waals surface area contributed by atoms with Gasteiger partial charge in [0, 0.05) is 31.3 Å². The summed E-state index contributed by atoms with van der Waals surface area (Å²) in [6, 6.07) is 3.82. The molecule has 2 unspecified atom stereocenters. The maximum atomic E-state index is 12.0. The molecule has 92 valence electrons. The zero-order valence-electron chi connectivity index (χ0n) is 10.3. The largest absolute Gasteiger partial charge is 0.378 e. The van der Waals surface area contributed by atoms with Crippen molar-refractivity contribution in [1.82, 2.24) is 4.98 Å². The topological polar surface area (TPSA) is 39.2 Å². The van der Waals surface area contributed by atoms with Crippen molar-refractivity contribution in [2.75, 3.05) is 6.61 Å². The van der Waals surface area contributed by atoms with E-state index in [0.29, 0.717) is 18.3 Å². The van der Waals surface area contributed by atoms with Crippen molar-refractivity contribution >= 4 is 5.78 Å². The van der Waals surface area contributed by atoms with Crippen LogP contribution in [0.15, 0.2) is 24.5 Å². The summed E-state index contributed by atoms with van der Waals surface area (Å²) in [7, 11) is 0. The molecule has 1 fully saturated rings. The van der Waals surface area contributed by atoms with E-state index >= 15 is 0 Å². The maximum Gasteiger partial charge on any atom is 0.140 e. The van der Waals surface area contributed by atoms with E-state index in [4.69, 9.17) is 4.74 Å². The quantitative estimate of drug-likeness (QED) is 0.785. The third-order valence-electron chi connectivity index (χ3n) is 3.43. The fourth-order valence-electron chi connectivity index (χ4n) is 2.23. The van der Waals surface area contributed by atoms with Crippen molar-refractivity contribution < 1.29 is 9.53 Å². The Morgan fingerprint density at radius 3 is 2.94 bits per heavy atom. The number of rotatable bonds is 5. The summed E-state index contributed by atoms with van der Waals surface area (Å²) < 4.78 is 5.53. The number of Topliss-reactive ketones (excluding diaryl/α,β-unsaturated/α-hetero) is 1. The van der Waals surface area contributed by atoms with E-state index < -0.39 is 0 Å². The van der Waals surface area contributed by atoms with Crippen LogP contribution in [0.3, 0.4) is 0 Å². The van der Waals surface area contributed by atoms with Crippen LogP contribution in [0.25, 0.3) is 0 Å². The van der Waals surface area contributed by atoms with Gasteiger partial charge < -0.3 is 4.74 Å². The second kappa shape index (κ2) is 5.92. The first kappa shape index (κ1) is 12.2. The minimum absolute atomic E-state index is 0.0283. The van der Waals surface area contributed by atoms with E-state index in [1.807, 2.05) is 19.1 Å². The minimum atomic E-state index is -0.0283. The van der Waals surface area contributed by atoms with Gasteiger partial charge in [0.05, 0.1) is 6.10 Å². The molecular formula is C14H19NO2. The van der Waals surface area contributed by atoms with Gasteiger partial charge in [0.1, 0.15) is 5.78 Å². The molecular weight excluding hydrogens is 214 g/mol. The number of nitrogens with zero attached hydrogens (tertiary/aromatic N) is 1. The van der Waals surface area contributed by atoms with Crippen molar-refractivity contribution in [3.8, 4) is 0 Å². The Hall–Kier alpha value is -1.22. The number of aromatic nitrogens is 1. The number of pyridine rings is 1. The second-order valence-corrected chi connectivity index (χ2v) is 4.64. The number of hydrogen-bond donors (Lipinski definition) is 0. The molecule has 1 saturated heterocycles. The van der Waals surface area contributed by atoms with Gasteiger partial charge in [-0.3, -0.25) is 9.78 Å². The molecule has 3 heteroatoms. The van der Waals surface area contributed by atoms with E-state index in [2.05, 4.69) is 4.98 Å². The smallest absolute Gasteiger partial charge is 0.140 e. The molecule has 1 aliphatic rings. The van der Waals surface area contributed by atoms with Crippen LogP contribution in [0.4, 0.5) is 0 Å². The molecule has 3 nitrogen and oxygen atoms in total. The summed E-state index contributed by atoms with van der Waals surface area (Å²) in [6.45, 7) is 2.83. The Kier molecular flexibility index (Phi) is 4.26. The van der Waals surface area contributed by atoms with Crippen molar-refractivity contribution in [3.63, 3.8) is 0 Å². The molecule has 0 aliphatic carbocycles. The van der Waals surface area contributed by atoms with Crippen LogP contribution in [0, 0.1) is 0 Å². The summed E-state index contributed by atoms with van der Waals surface area (Å²) in [6.07, 6.45) is 7.51. The zero-order valence-corrected chi connectivity index (χ0v) is 10.3. The maximum absolute atomic E-state index is 12.0. The molecule has 2 rings (SSSR count). The summed E-state index contributed by atoms with van der Waals surface area (Å²) in [5.41, 5.74) is 1.05. The molecule has 0 spiro atoms. The van der Waals surface area contributed by atoms with Gasteiger partial charge in [-0.05, 0) is 37.0 Å². The van der Waals surface area contributed by atoms with Gasteiger partial charge in [-0.15, -0.1) is 0 Å². The van der Waals surface area contributed by atoms with E-state index in [-0.39, 0.29) is 5.92 Å². The molecule has 0 aromatic carbocycles. The van der Waals surface area contributed by atoms with Gasteiger partial charge in [-0.25, -0.2) is 0 Å². The summed E-state index contributed by atoms with van der Waals surface area (Å²) in [5.74, 6) is 0.270. The second-order valence-electron chi connectivity index (χ2n) is 4.64. The average molecular weight is 233 g/mol. The number of hydrogen-bond acceptors (Lipinski definition) is 3. The van der Waals surface area contributed by atoms with E-state index in [0.717, 1.165) is 31.4 Å². The van der Waals surface area contributed by atoms with Crippen LogP contribution < -0.4 is 0 Å². The van der Waals surface area contributed by atoms with Gasteiger partial charge in [-0.2, -0.15) is 0 Å². The lowest BCUT2D eigenvalue weighted by atomic mass is 9.94. The first-order valence-corrected chi connectivity index (χ1v) is 6.31. The van der Waals surface area contributed by atoms with Gasteiger partial charge in [0.15, 0.2) is 0 Å². The summed E-state index contributed by atoms with van der Waals surface area (Å²) in [4.78, 5) is 16.0. The Balaban J connectivity index is 1.83. The molecule has 0 N–H and O–H groups in total. The van der Waals surface area contributed by atoms with Gasteiger partial charge >= 0.3 is 0 Å². The standard InChI is InChI=1S/C14H19NO2/c1-11(12-6-8-15-9-7-12)14(16)5-4-13-3-2-10-17-13/h6-9,11,13H,2-5,10H2,1H3. The van der Waals surface area contributed by atoms with Crippen LogP contribution in [0.1, 0.15) is 44.1 Å². The molecule has 1 aliphatic heterocycles. The van der Waals surface area contributed by atoms with Gasteiger partial charge in [-0.1, -0.05) is 6.92 Å². The van der Waals surface area contributed by atoms with E-state index in [1.165, 1.54) is 0 Å². The van der Waals surface area contributed by atoms with Crippen LogP contribution in [0.2, 0.25) is 0 Å². The van der Waals surface area contributed by atoms with Crippen LogP contribution >= 0.6 is 0 Å². The number of ether oxygens (including phenoxy) is 1. The zero-order chi connectivity index (χ0) is 12.1. The molecule has 2 heterocycles. The molecule has 0 bridgehead atoms. The Morgan fingerprint density at radius 1 is 1.53 bits per heavy atom. The average Bonchev–Trinajstić information content (AvgIpc) is 2.89. The van der Waals surface area contributed by atoms with Crippen molar-refractivity contribution in [2.45, 2.75) is 44.6 Å². The highest BCUT2D eigenvalue weighted by Crippen LogP contribution is 2.21. The Morgan fingerprint density at radius 2 is 2.29 bits per heavy atom. The van der Waals surface area contributed by atoms with Crippen LogP contribution in [-0.4, -0.2) is 23.5 Å². The first-order chi connectivity index (χ1) is 8.27.